The van der Waals surface area contributed by atoms with E-state index in [-0.39, 0.29) is 18.9 Å². The predicted molar refractivity (Wildman–Crippen MR) is 76.3 cm³/mol. The van der Waals surface area contributed by atoms with E-state index in [4.69, 9.17) is 0 Å². The lowest BCUT2D eigenvalue weighted by Gasteiger charge is -2.33. The SMILES string of the molecule is O=C(CC1(O)CCCCC1)N1CCCN(CC(F)(F)F)CC1. The first-order valence-corrected chi connectivity index (χ1v) is 8.07. The van der Waals surface area contributed by atoms with Crippen LogP contribution in [-0.2, 0) is 4.79 Å². The van der Waals surface area contributed by atoms with Crippen LogP contribution in [0.1, 0.15) is 44.9 Å². The van der Waals surface area contributed by atoms with E-state index in [2.05, 4.69) is 0 Å². The molecule has 2 rings (SSSR count). The maximum Gasteiger partial charge on any atom is 0.401 e. The quantitative estimate of drug-likeness (QED) is 0.866. The summed E-state index contributed by atoms with van der Waals surface area (Å²) < 4.78 is 37.3. The monoisotopic (exact) mass is 322 g/mol. The lowest BCUT2D eigenvalue weighted by atomic mass is 9.82. The number of rotatable bonds is 3. The Morgan fingerprint density at radius 1 is 1.00 bits per heavy atom. The number of nitrogens with zero attached hydrogens (tertiary/aromatic N) is 2. The lowest BCUT2D eigenvalue weighted by Crippen LogP contribution is -2.42. The van der Waals surface area contributed by atoms with Crippen molar-refractivity contribution >= 4 is 5.91 Å². The molecule has 0 aromatic carbocycles. The Hall–Kier alpha value is -0.820. The van der Waals surface area contributed by atoms with Crippen LogP contribution in [0.4, 0.5) is 13.2 Å². The second-order valence-electron chi connectivity index (χ2n) is 6.59. The van der Waals surface area contributed by atoms with E-state index in [1.165, 1.54) is 4.90 Å². The zero-order valence-corrected chi connectivity index (χ0v) is 12.9. The Balaban J connectivity index is 1.83. The highest BCUT2D eigenvalue weighted by Gasteiger charge is 2.35. The molecule has 1 N–H and O–H groups in total. The van der Waals surface area contributed by atoms with Crippen LogP contribution in [0.5, 0.6) is 0 Å². The Kier molecular flexibility index (Phi) is 5.71. The average Bonchev–Trinajstić information content (AvgIpc) is 2.62. The van der Waals surface area contributed by atoms with Crippen LogP contribution in [0.3, 0.4) is 0 Å². The van der Waals surface area contributed by atoms with E-state index < -0.39 is 18.3 Å². The van der Waals surface area contributed by atoms with Gasteiger partial charge in [0.15, 0.2) is 0 Å². The molecule has 1 aliphatic heterocycles. The highest BCUT2D eigenvalue weighted by atomic mass is 19.4. The van der Waals surface area contributed by atoms with Crippen LogP contribution >= 0.6 is 0 Å². The molecule has 0 atom stereocenters. The van der Waals surface area contributed by atoms with Gasteiger partial charge in [0.25, 0.3) is 0 Å². The summed E-state index contributed by atoms with van der Waals surface area (Å²) in [5, 5.41) is 10.4. The first-order chi connectivity index (χ1) is 10.3. The molecule has 1 amide bonds. The molecule has 0 aromatic heterocycles. The summed E-state index contributed by atoms with van der Waals surface area (Å²) in [6.45, 7) is 0.463. The highest BCUT2D eigenvalue weighted by Crippen LogP contribution is 2.31. The van der Waals surface area contributed by atoms with E-state index in [1.807, 2.05) is 0 Å². The molecule has 0 aromatic rings. The number of aliphatic hydroxyl groups is 1. The Morgan fingerprint density at radius 2 is 1.68 bits per heavy atom. The minimum atomic E-state index is -4.20. The molecule has 1 heterocycles. The molecular formula is C15H25F3N2O2. The molecule has 0 radical (unpaired) electrons. The second-order valence-corrected chi connectivity index (χ2v) is 6.59. The minimum Gasteiger partial charge on any atom is -0.389 e. The van der Waals surface area contributed by atoms with Crippen molar-refractivity contribution in [2.75, 3.05) is 32.7 Å². The fourth-order valence-corrected chi connectivity index (χ4v) is 3.41. The van der Waals surface area contributed by atoms with Crippen molar-refractivity contribution in [3.05, 3.63) is 0 Å². The molecule has 1 saturated carbocycles. The van der Waals surface area contributed by atoms with Crippen LogP contribution < -0.4 is 0 Å². The van der Waals surface area contributed by atoms with Crippen molar-refractivity contribution in [2.45, 2.75) is 56.7 Å². The summed E-state index contributed by atoms with van der Waals surface area (Å²) in [4.78, 5) is 15.3. The Bertz CT molecular complexity index is 381. The third kappa shape index (κ3) is 5.43. The molecule has 128 valence electrons. The number of amides is 1. The number of hydrogen-bond acceptors (Lipinski definition) is 3. The van der Waals surface area contributed by atoms with Crippen LogP contribution in [-0.4, -0.2) is 65.3 Å². The third-order valence-electron chi connectivity index (χ3n) is 4.61. The maximum absolute atomic E-state index is 12.4. The summed E-state index contributed by atoms with van der Waals surface area (Å²) >= 11 is 0. The molecule has 4 nitrogen and oxygen atoms in total. The topological polar surface area (TPSA) is 43.8 Å². The van der Waals surface area contributed by atoms with E-state index in [0.29, 0.717) is 38.9 Å². The predicted octanol–water partition coefficient (Wildman–Crippen LogP) is 2.17. The first-order valence-electron chi connectivity index (χ1n) is 8.07. The molecule has 2 fully saturated rings. The van der Waals surface area contributed by atoms with Gasteiger partial charge >= 0.3 is 6.18 Å². The van der Waals surface area contributed by atoms with E-state index in [9.17, 15) is 23.1 Å². The standard InChI is InChI=1S/C15H25F3N2O2/c16-15(17,18)12-19-7-4-8-20(10-9-19)13(21)11-14(22)5-2-1-3-6-14/h22H,1-12H2. The summed E-state index contributed by atoms with van der Waals surface area (Å²) in [7, 11) is 0. The summed E-state index contributed by atoms with van der Waals surface area (Å²) in [5.74, 6) is -0.127. The van der Waals surface area contributed by atoms with Gasteiger partial charge in [-0.25, -0.2) is 0 Å². The van der Waals surface area contributed by atoms with Gasteiger partial charge in [0.1, 0.15) is 0 Å². The molecule has 0 spiro atoms. The molecule has 1 saturated heterocycles. The number of carbonyl (C=O) groups is 1. The van der Waals surface area contributed by atoms with Gasteiger partial charge < -0.3 is 10.0 Å². The van der Waals surface area contributed by atoms with Gasteiger partial charge in [-0.15, -0.1) is 0 Å². The zero-order chi connectivity index (χ0) is 16.2. The smallest absolute Gasteiger partial charge is 0.389 e. The highest BCUT2D eigenvalue weighted by molar-refractivity contribution is 5.77. The van der Waals surface area contributed by atoms with E-state index in [0.717, 1.165) is 19.3 Å². The van der Waals surface area contributed by atoms with Crippen LogP contribution in [0.15, 0.2) is 0 Å². The molecule has 1 aliphatic carbocycles. The van der Waals surface area contributed by atoms with Gasteiger partial charge in [-0.2, -0.15) is 13.2 Å². The van der Waals surface area contributed by atoms with Gasteiger partial charge in [-0.1, -0.05) is 19.3 Å². The second kappa shape index (κ2) is 7.17. The number of carbonyl (C=O) groups excluding carboxylic acids is 1. The number of alkyl halides is 3. The van der Waals surface area contributed by atoms with Crippen molar-refractivity contribution in [3.8, 4) is 0 Å². The minimum absolute atomic E-state index is 0.103. The average molecular weight is 322 g/mol. The number of hydrogen-bond donors (Lipinski definition) is 1. The molecule has 7 heteroatoms. The Labute approximate surface area is 129 Å². The van der Waals surface area contributed by atoms with Crippen molar-refractivity contribution in [3.63, 3.8) is 0 Å². The van der Waals surface area contributed by atoms with E-state index >= 15 is 0 Å². The van der Waals surface area contributed by atoms with Crippen LogP contribution in [0.2, 0.25) is 0 Å². The van der Waals surface area contributed by atoms with Gasteiger partial charge in [-0.3, -0.25) is 9.69 Å². The van der Waals surface area contributed by atoms with Crippen molar-refractivity contribution < 1.29 is 23.1 Å². The van der Waals surface area contributed by atoms with Gasteiger partial charge in [0, 0.05) is 26.2 Å². The van der Waals surface area contributed by atoms with Crippen LogP contribution in [0.25, 0.3) is 0 Å². The first kappa shape index (κ1) is 17.5. The fraction of sp³-hybridized carbons (Fsp3) is 0.933. The molecule has 2 aliphatic rings. The molecule has 0 bridgehead atoms. The van der Waals surface area contributed by atoms with Crippen molar-refractivity contribution in [1.29, 1.82) is 0 Å². The number of halogens is 3. The van der Waals surface area contributed by atoms with Gasteiger partial charge in [0.05, 0.1) is 18.6 Å². The molecule has 22 heavy (non-hydrogen) atoms. The normalized spacial score (nSPS) is 24.1. The van der Waals surface area contributed by atoms with Gasteiger partial charge in [-0.05, 0) is 19.3 Å². The third-order valence-corrected chi connectivity index (χ3v) is 4.61. The van der Waals surface area contributed by atoms with Crippen molar-refractivity contribution in [1.82, 2.24) is 9.80 Å². The fourth-order valence-electron chi connectivity index (χ4n) is 3.41. The van der Waals surface area contributed by atoms with E-state index in [1.54, 1.807) is 4.90 Å². The zero-order valence-electron chi connectivity index (χ0n) is 12.9. The largest absolute Gasteiger partial charge is 0.401 e. The molecule has 0 unspecified atom stereocenters. The Morgan fingerprint density at radius 3 is 2.32 bits per heavy atom. The summed E-state index contributed by atoms with van der Waals surface area (Å²) in [6.07, 6.45) is 0.696. The van der Waals surface area contributed by atoms with Crippen LogP contribution in [0, 0.1) is 0 Å². The summed E-state index contributed by atoms with van der Waals surface area (Å²) in [5.41, 5.74) is -0.909. The van der Waals surface area contributed by atoms with Gasteiger partial charge in [0.2, 0.25) is 5.91 Å². The lowest BCUT2D eigenvalue weighted by molar-refractivity contribution is -0.145. The maximum atomic E-state index is 12.4. The van der Waals surface area contributed by atoms with Crippen molar-refractivity contribution in [2.24, 2.45) is 0 Å². The molecular weight excluding hydrogens is 297 g/mol. The summed E-state index contributed by atoms with van der Waals surface area (Å²) in [6, 6.07) is 0.